The molecule has 1 aliphatic heterocycles. The van der Waals surface area contributed by atoms with Gasteiger partial charge in [0.05, 0.1) is 12.0 Å². The number of ether oxygens (including phenoxy) is 1. The summed E-state index contributed by atoms with van der Waals surface area (Å²) in [6.45, 7) is 0. The van der Waals surface area contributed by atoms with Gasteiger partial charge in [-0.2, -0.15) is 0 Å². The molecule has 0 bridgehead atoms. The largest absolute Gasteiger partial charge is 0.504 e. The highest BCUT2D eigenvalue weighted by atomic mass is 32.2. The molecule has 0 spiro atoms. The smallest absolute Gasteiger partial charge is 0.290 e. The molecule has 0 unspecified atom stereocenters. The van der Waals surface area contributed by atoms with Gasteiger partial charge in [-0.05, 0) is 35.5 Å². The van der Waals surface area contributed by atoms with Crippen molar-refractivity contribution >= 4 is 29.0 Å². The number of imide groups is 1. The van der Waals surface area contributed by atoms with Crippen molar-refractivity contribution in [1.82, 2.24) is 5.32 Å². The highest BCUT2D eigenvalue weighted by Gasteiger charge is 2.24. The van der Waals surface area contributed by atoms with Gasteiger partial charge in [0.25, 0.3) is 11.1 Å². The maximum atomic E-state index is 11.3. The Hall–Kier alpha value is -1.95. The predicted octanol–water partition coefficient (Wildman–Crippen LogP) is 1.72. The van der Waals surface area contributed by atoms with Crippen LogP contribution in [-0.2, 0) is 4.79 Å². The molecule has 17 heavy (non-hydrogen) atoms. The Morgan fingerprint density at radius 3 is 2.76 bits per heavy atom. The van der Waals surface area contributed by atoms with E-state index in [1.807, 2.05) is 0 Å². The second-order valence-corrected chi connectivity index (χ2v) is 4.30. The number of benzene rings is 1. The number of carbonyl (C=O) groups excluding carboxylic acids is 2. The molecule has 0 saturated carbocycles. The molecule has 1 fully saturated rings. The summed E-state index contributed by atoms with van der Waals surface area (Å²) >= 11 is 0.844. The third kappa shape index (κ3) is 2.42. The minimum atomic E-state index is -0.410. The number of phenolic OH excluding ortho intramolecular Hbond substituents is 1. The number of thioether (sulfide) groups is 1. The Labute approximate surface area is 101 Å². The zero-order chi connectivity index (χ0) is 12.4. The molecule has 6 heteroatoms. The molecule has 88 valence electrons. The van der Waals surface area contributed by atoms with E-state index >= 15 is 0 Å². The monoisotopic (exact) mass is 251 g/mol. The summed E-state index contributed by atoms with van der Waals surface area (Å²) in [4.78, 5) is 22.6. The van der Waals surface area contributed by atoms with Gasteiger partial charge in [0.15, 0.2) is 11.5 Å². The van der Waals surface area contributed by atoms with Crippen LogP contribution in [0.1, 0.15) is 5.56 Å². The number of hydrogen-bond donors (Lipinski definition) is 2. The van der Waals surface area contributed by atoms with Crippen LogP contribution in [-0.4, -0.2) is 23.4 Å². The number of carbonyl (C=O) groups is 2. The van der Waals surface area contributed by atoms with E-state index in [2.05, 4.69) is 5.32 Å². The first-order valence-corrected chi connectivity index (χ1v) is 5.53. The predicted molar refractivity (Wildman–Crippen MR) is 63.8 cm³/mol. The van der Waals surface area contributed by atoms with Crippen LogP contribution in [0.4, 0.5) is 4.79 Å². The number of aromatic hydroxyl groups is 1. The average Bonchev–Trinajstić information content (AvgIpc) is 2.60. The zero-order valence-electron chi connectivity index (χ0n) is 8.89. The Kier molecular flexibility index (Phi) is 3.06. The Balaban J connectivity index is 2.33. The fourth-order valence-electron chi connectivity index (χ4n) is 1.36. The summed E-state index contributed by atoms with van der Waals surface area (Å²) in [6.07, 6.45) is 1.56. The van der Waals surface area contributed by atoms with Crippen molar-refractivity contribution in [3.05, 3.63) is 28.7 Å². The molecule has 1 heterocycles. The van der Waals surface area contributed by atoms with Gasteiger partial charge in [-0.3, -0.25) is 14.9 Å². The van der Waals surface area contributed by atoms with Crippen LogP contribution in [0.2, 0.25) is 0 Å². The Morgan fingerprint density at radius 2 is 2.18 bits per heavy atom. The number of hydrogen-bond acceptors (Lipinski definition) is 5. The van der Waals surface area contributed by atoms with Crippen molar-refractivity contribution in [3.63, 3.8) is 0 Å². The van der Waals surface area contributed by atoms with Gasteiger partial charge < -0.3 is 9.84 Å². The van der Waals surface area contributed by atoms with Gasteiger partial charge in [-0.25, -0.2) is 0 Å². The molecule has 1 saturated heterocycles. The summed E-state index contributed by atoms with van der Waals surface area (Å²) < 4.78 is 4.94. The van der Waals surface area contributed by atoms with Crippen LogP contribution in [0.15, 0.2) is 23.1 Å². The quantitative estimate of drug-likeness (QED) is 0.783. The lowest BCUT2D eigenvalue weighted by atomic mass is 10.2. The highest BCUT2D eigenvalue weighted by molar-refractivity contribution is 8.18. The molecule has 5 nitrogen and oxygen atoms in total. The SMILES string of the molecule is COc1cc(/C=C2/SC(=O)NC2=O)ccc1O. The summed E-state index contributed by atoms with van der Waals surface area (Å²) in [5.41, 5.74) is 0.673. The molecule has 2 rings (SSSR count). The van der Waals surface area contributed by atoms with E-state index in [0.717, 1.165) is 11.8 Å². The molecule has 0 atom stereocenters. The number of methoxy groups -OCH3 is 1. The van der Waals surface area contributed by atoms with Crippen molar-refractivity contribution < 1.29 is 19.4 Å². The first-order chi connectivity index (χ1) is 8.10. The van der Waals surface area contributed by atoms with Gasteiger partial charge in [-0.1, -0.05) is 6.07 Å². The molecule has 0 aromatic heterocycles. The minimum Gasteiger partial charge on any atom is -0.504 e. The van der Waals surface area contributed by atoms with Crippen LogP contribution >= 0.6 is 11.8 Å². The first-order valence-electron chi connectivity index (χ1n) is 4.72. The summed E-state index contributed by atoms with van der Waals surface area (Å²) in [6, 6.07) is 4.67. The lowest BCUT2D eigenvalue weighted by Crippen LogP contribution is -2.17. The fourth-order valence-corrected chi connectivity index (χ4v) is 2.04. The van der Waals surface area contributed by atoms with Crippen LogP contribution < -0.4 is 10.1 Å². The van der Waals surface area contributed by atoms with Gasteiger partial charge in [0.2, 0.25) is 0 Å². The second-order valence-electron chi connectivity index (χ2n) is 3.28. The molecule has 1 aromatic rings. The van der Waals surface area contributed by atoms with Crippen LogP contribution in [0.3, 0.4) is 0 Å². The molecule has 1 aromatic carbocycles. The third-order valence-electron chi connectivity index (χ3n) is 2.14. The second kappa shape index (κ2) is 4.50. The lowest BCUT2D eigenvalue weighted by molar-refractivity contribution is -0.115. The molecule has 0 aliphatic carbocycles. The normalized spacial score (nSPS) is 17.4. The molecule has 0 radical (unpaired) electrons. The van der Waals surface area contributed by atoms with Crippen LogP contribution in [0.5, 0.6) is 11.5 Å². The fraction of sp³-hybridized carbons (Fsp3) is 0.0909. The molecular formula is C11H9NO4S. The van der Waals surface area contributed by atoms with E-state index in [1.165, 1.54) is 13.2 Å². The maximum absolute atomic E-state index is 11.3. The van der Waals surface area contributed by atoms with Crippen molar-refractivity contribution in [1.29, 1.82) is 0 Å². The van der Waals surface area contributed by atoms with E-state index in [1.54, 1.807) is 18.2 Å². The summed E-state index contributed by atoms with van der Waals surface area (Å²) in [5, 5.41) is 11.2. The lowest BCUT2D eigenvalue weighted by Gasteiger charge is -2.03. The number of rotatable bonds is 2. The Bertz CT molecular complexity index is 524. The van der Waals surface area contributed by atoms with E-state index in [9.17, 15) is 14.7 Å². The van der Waals surface area contributed by atoms with Crippen molar-refractivity contribution in [2.24, 2.45) is 0 Å². The molecule has 1 aliphatic rings. The highest BCUT2D eigenvalue weighted by Crippen LogP contribution is 2.30. The van der Waals surface area contributed by atoms with Gasteiger partial charge in [-0.15, -0.1) is 0 Å². The van der Waals surface area contributed by atoms with Crippen molar-refractivity contribution in [3.8, 4) is 11.5 Å². The summed E-state index contributed by atoms with van der Waals surface area (Å²) in [7, 11) is 1.44. The zero-order valence-corrected chi connectivity index (χ0v) is 9.71. The van der Waals surface area contributed by atoms with E-state index in [4.69, 9.17) is 4.74 Å². The minimum absolute atomic E-state index is 0.0225. The molecule has 2 amide bonds. The van der Waals surface area contributed by atoms with Crippen LogP contribution in [0.25, 0.3) is 6.08 Å². The average molecular weight is 251 g/mol. The van der Waals surface area contributed by atoms with Crippen molar-refractivity contribution in [2.75, 3.05) is 7.11 Å². The standard InChI is InChI=1S/C11H9NO4S/c1-16-8-4-6(2-3-7(8)13)5-9-10(14)12-11(15)17-9/h2-5,13H,1H3,(H,12,14,15)/b9-5+. The topological polar surface area (TPSA) is 75.6 Å². The Morgan fingerprint density at radius 1 is 1.41 bits per heavy atom. The molecular weight excluding hydrogens is 242 g/mol. The third-order valence-corrected chi connectivity index (χ3v) is 2.95. The summed E-state index contributed by atoms with van der Waals surface area (Å²) in [5.74, 6) is -0.0737. The van der Waals surface area contributed by atoms with Gasteiger partial charge >= 0.3 is 0 Å². The number of nitrogens with one attached hydrogen (secondary N) is 1. The van der Waals surface area contributed by atoms with Crippen molar-refractivity contribution in [2.45, 2.75) is 0 Å². The number of phenols is 1. The molecule has 2 N–H and O–H groups in total. The number of amides is 2. The maximum Gasteiger partial charge on any atom is 0.290 e. The van der Waals surface area contributed by atoms with Crippen LogP contribution in [0, 0.1) is 0 Å². The van der Waals surface area contributed by atoms with E-state index < -0.39 is 5.91 Å². The van der Waals surface area contributed by atoms with Gasteiger partial charge in [0, 0.05) is 0 Å². The van der Waals surface area contributed by atoms with Gasteiger partial charge in [0.1, 0.15) is 0 Å². The van der Waals surface area contributed by atoms with E-state index in [0.29, 0.717) is 16.2 Å². The first kappa shape index (κ1) is 11.5. The van der Waals surface area contributed by atoms with E-state index in [-0.39, 0.29) is 11.0 Å².